The summed E-state index contributed by atoms with van der Waals surface area (Å²) in [6.45, 7) is 8.34. The number of unbranched alkanes of at least 4 members (excludes halogenated alkanes) is 1. The number of likely N-dealkylation sites (N-methyl/N-ethyl adjacent to an activating group) is 1. The maximum absolute atomic E-state index is 13.3. The second kappa shape index (κ2) is 9.96. The van der Waals surface area contributed by atoms with Crippen LogP contribution in [-0.2, 0) is 14.4 Å². The van der Waals surface area contributed by atoms with Crippen molar-refractivity contribution in [3.8, 4) is 5.75 Å². The number of benzene rings is 1. The van der Waals surface area contributed by atoms with E-state index in [1.54, 1.807) is 14.2 Å². The summed E-state index contributed by atoms with van der Waals surface area (Å²) in [5.41, 5.74) is 0.538. The fourth-order valence-electron chi connectivity index (χ4n) is 3.85. The highest BCUT2D eigenvalue weighted by Crippen LogP contribution is 2.39. The lowest BCUT2D eigenvalue weighted by Gasteiger charge is -2.30. The zero-order valence-electron chi connectivity index (χ0n) is 19.0. The largest absolute Gasteiger partial charge is 0.497 e. The molecule has 1 aromatic carbocycles. The average molecular weight is 418 g/mol. The smallest absolute Gasteiger partial charge is 0.240 e. The van der Waals surface area contributed by atoms with Crippen LogP contribution in [0.2, 0.25) is 0 Å². The zero-order valence-corrected chi connectivity index (χ0v) is 19.0. The molecular formula is C23H35N3O4. The van der Waals surface area contributed by atoms with Gasteiger partial charge in [-0.1, -0.05) is 25.5 Å². The zero-order chi connectivity index (χ0) is 22.5. The minimum atomic E-state index is -0.518. The molecule has 2 atom stereocenters. The Hall–Kier alpha value is -2.57. The van der Waals surface area contributed by atoms with Gasteiger partial charge in [0, 0.05) is 25.6 Å². The Bertz CT molecular complexity index is 755. The summed E-state index contributed by atoms with van der Waals surface area (Å²) in [5, 5.41) is 2.87. The lowest BCUT2D eigenvalue weighted by molar-refractivity contribution is -0.139. The third-order valence-corrected chi connectivity index (χ3v) is 5.23. The van der Waals surface area contributed by atoms with E-state index >= 15 is 0 Å². The molecule has 3 amide bonds. The topological polar surface area (TPSA) is 79.0 Å². The molecule has 0 unspecified atom stereocenters. The number of rotatable bonds is 8. The molecule has 7 heteroatoms. The molecule has 0 spiro atoms. The van der Waals surface area contributed by atoms with Crippen molar-refractivity contribution in [2.24, 2.45) is 5.92 Å². The summed E-state index contributed by atoms with van der Waals surface area (Å²) in [5.74, 6) is -0.217. The normalized spacial score (nSPS) is 19.0. The van der Waals surface area contributed by atoms with Crippen LogP contribution in [0.15, 0.2) is 24.3 Å². The monoisotopic (exact) mass is 417 g/mol. The maximum Gasteiger partial charge on any atom is 0.240 e. The molecule has 1 aromatic rings. The Kier molecular flexibility index (Phi) is 7.87. The molecule has 0 saturated carbocycles. The molecule has 0 aliphatic carbocycles. The summed E-state index contributed by atoms with van der Waals surface area (Å²) < 4.78 is 5.24. The van der Waals surface area contributed by atoms with Crippen molar-refractivity contribution in [1.29, 1.82) is 0 Å². The molecule has 1 saturated heterocycles. The second-order valence-electron chi connectivity index (χ2n) is 8.96. The SMILES string of the molecule is CCCCN1C(=O)C[C@H](C(=O)N(C)CC(=O)NC(C)(C)C)[C@H]1c1ccc(OC)cc1. The van der Waals surface area contributed by atoms with Crippen LogP contribution in [0.3, 0.4) is 0 Å². The highest BCUT2D eigenvalue weighted by atomic mass is 16.5. The van der Waals surface area contributed by atoms with Gasteiger partial charge in [-0.2, -0.15) is 0 Å². The lowest BCUT2D eigenvalue weighted by atomic mass is 9.92. The summed E-state index contributed by atoms with van der Waals surface area (Å²) in [7, 11) is 3.22. The molecule has 0 aromatic heterocycles. The van der Waals surface area contributed by atoms with Crippen molar-refractivity contribution in [3.05, 3.63) is 29.8 Å². The van der Waals surface area contributed by atoms with Crippen LogP contribution < -0.4 is 10.1 Å². The van der Waals surface area contributed by atoms with Crippen molar-refractivity contribution >= 4 is 17.7 Å². The number of methoxy groups -OCH3 is 1. The number of carbonyl (C=O) groups is 3. The molecule has 0 bridgehead atoms. The number of nitrogens with one attached hydrogen (secondary N) is 1. The van der Waals surface area contributed by atoms with Crippen molar-refractivity contribution < 1.29 is 19.1 Å². The van der Waals surface area contributed by atoms with Gasteiger partial charge in [0.15, 0.2) is 0 Å². The predicted octanol–water partition coefficient (Wildman–Crippen LogP) is 2.76. The van der Waals surface area contributed by atoms with E-state index < -0.39 is 5.92 Å². The summed E-state index contributed by atoms with van der Waals surface area (Å²) in [6.07, 6.45) is 2.00. The standard InChI is InChI=1S/C23H35N3O4/c1-7-8-13-26-20(28)14-18(21(26)16-9-11-17(30-6)12-10-16)22(29)25(5)15-19(27)24-23(2,3)4/h9-12,18,21H,7-8,13-15H2,1-6H3,(H,24,27)/t18-,21+/m0/s1. The summed E-state index contributed by atoms with van der Waals surface area (Å²) in [6, 6.07) is 7.17. The molecule has 0 radical (unpaired) electrons. The van der Waals surface area contributed by atoms with Gasteiger partial charge in [0.05, 0.1) is 25.6 Å². The first-order valence-electron chi connectivity index (χ1n) is 10.6. The highest BCUT2D eigenvalue weighted by Gasteiger charge is 2.45. The van der Waals surface area contributed by atoms with E-state index in [0.717, 1.165) is 24.2 Å². The predicted molar refractivity (Wildman–Crippen MR) is 116 cm³/mol. The first kappa shape index (κ1) is 23.7. The van der Waals surface area contributed by atoms with Crippen LogP contribution in [-0.4, -0.2) is 60.3 Å². The van der Waals surface area contributed by atoms with Gasteiger partial charge in [-0.05, 0) is 44.9 Å². The summed E-state index contributed by atoms with van der Waals surface area (Å²) in [4.78, 5) is 41.6. The molecule has 1 aliphatic rings. The minimum Gasteiger partial charge on any atom is -0.497 e. The Labute approximate surface area is 179 Å². The third-order valence-electron chi connectivity index (χ3n) is 5.23. The van der Waals surface area contributed by atoms with Gasteiger partial charge >= 0.3 is 0 Å². The highest BCUT2D eigenvalue weighted by molar-refractivity contribution is 5.92. The lowest BCUT2D eigenvalue weighted by Crippen LogP contribution is -2.47. The van der Waals surface area contributed by atoms with Gasteiger partial charge in [-0.3, -0.25) is 14.4 Å². The quantitative estimate of drug-likeness (QED) is 0.705. The number of nitrogens with zero attached hydrogens (tertiary/aromatic N) is 2. The fourth-order valence-corrected chi connectivity index (χ4v) is 3.85. The van der Waals surface area contributed by atoms with Crippen molar-refractivity contribution in [3.63, 3.8) is 0 Å². The maximum atomic E-state index is 13.3. The van der Waals surface area contributed by atoms with Crippen LogP contribution in [0.1, 0.15) is 58.6 Å². The van der Waals surface area contributed by atoms with Crippen LogP contribution in [0.4, 0.5) is 0 Å². The molecule has 30 heavy (non-hydrogen) atoms. The number of likely N-dealkylation sites (tertiary alicyclic amines) is 1. The van der Waals surface area contributed by atoms with Crippen LogP contribution in [0.25, 0.3) is 0 Å². The van der Waals surface area contributed by atoms with Gasteiger partial charge in [-0.25, -0.2) is 0 Å². The number of ether oxygens (including phenoxy) is 1. The number of hydrogen-bond acceptors (Lipinski definition) is 4. The molecule has 7 nitrogen and oxygen atoms in total. The Morgan fingerprint density at radius 1 is 1.23 bits per heavy atom. The van der Waals surface area contributed by atoms with E-state index in [1.807, 2.05) is 49.9 Å². The van der Waals surface area contributed by atoms with Gasteiger partial charge in [0.25, 0.3) is 0 Å². The molecule has 2 rings (SSSR count). The van der Waals surface area contributed by atoms with E-state index in [1.165, 1.54) is 4.90 Å². The van der Waals surface area contributed by atoms with Gasteiger partial charge < -0.3 is 19.9 Å². The first-order chi connectivity index (χ1) is 14.1. The minimum absolute atomic E-state index is 0.0184. The number of carbonyl (C=O) groups excluding carboxylic acids is 3. The molecule has 166 valence electrons. The molecule has 1 heterocycles. The van der Waals surface area contributed by atoms with Crippen molar-refractivity contribution in [2.75, 3.05) is 27.2 Å². The van der Waals surface area contributed by atoms with Gasteiger partial charge in [0.2, 0.25) is 17.7 Å². The van der Waals surface area contributed by atoms with Gasteiger partial charge in [0.1, 0.15) is 5.75 Å². The van der Waals surface area contributed by atoms with E-state index in [4.69, 9.17) is 4.74 Å². The van der Waals surface area contributed by atoms with Crippen molar-refractivity contribution in [1.82, 2.24) is 15.1 Å². The second-order valence-corrected chi connectivity index (χ2v) is 8.96. The van der Waals surface area contributed by atoms with E-state index in [9.17, 15) is 14.4 Å². The van der Waals surface area contributed by atoms with E-state index in [0.29, 0.717) is 6.54 Å². The fraction of sp³-hybridized carbons (Fsp3) is 0.609. The van der Waals surface area contributed by atoms with Crippen molar-refractivity contribution in [2.45, 2.75) is 58.5 Å². The molecule has 1 aliphatic heterocycles. The van der Waals surface area contributed by atoms with E-state index in [-0.39, 0.29) is 42.3 Å². The number of amides is 3. The Balaban J connectivity index is 2.24. The first-order valence-corrected chi connectivity index (χ1v) is 10.6. The number of hydrogen-bond donors (Lipinski definition) is 1. The Morgan fingerprint density at radius 2 is 1.87 bits per heavy atom. The molecular weight excluding hydrogens is 382 g/mol. The van der Waals surface area contributed by atoms with Crippen LogP contribution in [0, 0.1) is 5.92 Å². The van der Waals surface area contributed by atoms with Gasteiger partial charge in [-0.15, -0.1) is 0 Å². The van der Waals surface area contributed by atoms with E-state index in [2.05, 4.69) is 12.2 Å². The summed E-state index contributed by atoms with van der Waals surface area (Å²) >= 11 is 0. The Morgan fingerprint density at radius 3 is 2.40 bits per heavy atom. The average Bonchev–Trinajstić information content (AvgIpc) is 3.00. The van der Waals surface area contributed by atoms with Crippen LogP contribution >= 0.6 is 0 Å². The third kappa shape index (κ3) is 5.97. The molecule has 1 fully saturated rings. The molecule has 1 N–H and O–H groups in total. The van der Waals surface area contributed by atoms with Crippen LogP contribution in [0.5, 0.6) is 5.75 Å².